The van der Waals surface area contributed by atoms with E-state index >= 15 is 0 Å². The molecule has 0 aliphatic carbocycles. The van der Waals surface area contributed by atoms with E-state index in [9.17, 15) is 9.59 Å². The number of thioether (sulfide) groups is 1. The Balaban J connectivity index is 1.83. The van der Waals surface area contributed by atoms with Crippen LogP contribution in [0, 0.1) is 0 Å². The van der Waals surface area contributed by atoms with E-state index in [1.807, 2.05) is 54.6 Å². The molecule has 0 bridgehead atoms. The molecule has 1 aliphatic rings. The molecule has 0 radical (unpaired) electrons. The van der Waals surface area contributed by atoms with Gasteiger partial charge in [0.2, 0.25) is 0 Å². The van der Waals surface area contributed by atoms with Crippen LogP contribution in [0.2, 0.25) is 0 Å². The minimum atomic E-state index is -1.08. The second-order valence-electron chi connectivity index (χ2n) is 5.55. The molecule has 1 saturated heterocycles. The van der Waals surface area contributed by atoms with Gasteiger partial charge in [-0.2, -0.15) is 0 Å². The van der Waals surface area contributed by atoms with E-state index < -0.39 is 12.0 Å². The van der Waals surface area contributed by atoms with Gasteiger partial charge in [0.25, 0.3) is 5.91 Å². The zero-order valence-electron chi connectivity index (χ0n) is 13.4. The maximum absolute atomic E-state index is 12.4. The largest absolute Gasteiger partial charge is 0.480 e. The summed E-state index contributed by atoms with van der Waals surface area (Å²) in [4.78, 5) is 25.2. The molecule has 4 nitrogen and oxygen atoms in total. The van der Waals surface area contributed by atoms with Crippen molar-refractivity contribution in [2.45, 2.75) is 13.0 Å². The van der Waals surface area contributed by atoms with Crippen molar-refractivity contribution in [1.82, 2.24) is 4.90 Å². The number of carbonyl (C=O) groups is 2. The van der Waals surface area contributed by atoms with Gasteiger partial charge in [0.15, 0.2) is 0 Å². The van der Waals surface area contributed by atoms with Gasteiger partial charge in [-0.1, -0.05) is 78.6 Å². The first-order chi connectivity index (χ1) is 12.0. The molecule has 0 saturated carbocycles. The fourth-order valence-corrected chi connectivity index (χ4v) is 3.90. The van der Waals surface area contributed by atoms with E-state index in [0.717, 1.165) is 33.4 Å². The lowest BCUT2D eigenvalue weighted by Crippen LogP contribution is -2.41. The summed E-state index contributed by atoms with van der Waals surface area (Å²) in [6.45, 7) is 1.45. The molecule has 25 heavy (non-hydrogen) atoms. The molecule has 2 aromatic carbocycles. The molecule has 1 heterocycles. The van der Waals surface area contributed by atoms with Crippen molar-refractivity contribution >= 4 is 46.3 Å². The van der Waals surface area contributed by atoms with E-state index in [4.69, 9.17) is 17.3 Å². The zero-order chi connectivity index (χ0) is 18.0. The maximum atomic E-state index is 12.4. The summed E-state index contributed by atoms with van der Waals surface area (Å²) in [6.07, 6.45) is 1.74. The molecule has 1 amide bonds. The highest BCUT2D eigenvalue weighted by Crippen LogP contribution is 2.34. The van der Waals surface area contributed by atoms with Crippen LogP contribution in [0.5, 0.6) is 0 Å². The minimum absolute atomic E-state index is 0.270. The molecular weight excluding hydrogens is 354 g/mol. The molecule has 0 spiro atoms. The number of hydrogen-bond acceptors (Lipinski definition) is 4. The predicted molar refractivity (Wildman–Crippen MR) is 104 cm³/mol. The highest BCUT2D eigenvalue weighted by atomic mass is 32.2. The highest BCUT2D eigenvalue weighted by molar-refractivity contribution is 8.26. The molecule has 126 valence electrons. The minimum Gasteiger partial charge on any atom is -0.480 e. The number of rotatable bonds is 4. The summed E-state index contributed by atoms with van der Waals surface area (Å²) < 4.78 is 0.270. The molecule has 1 unspecified atom stereocenters. The molecule has 1 aliphatic heterocycles. The summed E-state index contributed by atoms with van der Waals surface area (Å²) >= 11 is 6.28. The van der Waals surface area contributed by atoms with Crippen LogP contribution in [0.25, 0.3) is 17.2 Å². The van der Waals surface area contributed by atoms with Gasteiger partial charge in [-0.15, -0.1) is 0 Å². The second kappa shape index (κ2) is 7.21. The zero-order valence-corrected chi connectivity index (χ0v) is 15.0. The lowest BCUT2D eigenvalue weighted by molar-refractivity contribution is -0.144. The Labute approximate surface area is 155 Å². The van der Waals surface area contributed by atoms with Crippen molar-refractivity contribution < 1.29 is 14.7 Å². The number of benzene rings is 2. The van der Waals surface area contributed by atoms with Gasteiger partial charge in [0, 0.05) is 0 Å². The lowest BCUT2D eigenvalue weighted by atomic mass is 10.0. The fourth-order valence-electron chi connectivity index (χ4n) is 2.48. The molecule has 1 N–H and O–H groups in total. The predicted octanol–water partition coefficient (Wildman–Crippen LogP) is 4.03. The third kappa shape index (κ3) is 3.65. The number of thiocarbonyl (C=S) groups is 1. The van der Waals surface area contributed by atoms with E-state index in [1.165, 1.54) is 6.92 Å². The molecule has 3 rings (SSSR count). The van der Waals surface area contributed by atoms with Crippen molar-refractivity contribution in [3.63, 3.8) is 0 Å². The van der Waals surface area contributed by atoms with Crippen LogP contribution < -0.4 is 0 Å². The Hall–Kier alpha value is -2.44. The number of carboxylic acids is 1. The monoisotopic (exact) mass is 369 g/mol. The third-order valence-corrected chi connectivity index (χ3v) is 5.21. The van der Waals surface area contributed by atoms with Crippen molar-refractivity contribution in [3.05, 3.63) is 65.1 Å². The Kier molecular flexibility index (Phi) is 5.01. The summed E-state index contributed by atoms with van der Waals surface area (Å²) in [5.41, 5.74) is 3.07. The Morgan fingerprint density at radius 3 is 2.32 bits per heavy atom. The SMILES string of the molecule is CC(C(=O)O)N1C(=O)/C(=C/c2ccc(-c3ccccc3)cc2)SC1=S. The van der Waals surface area contributed by atoms with Gasteiger partial charge in [0.05, 0.1) is 4.91 Å². The number of aliphatic carboxylic acids is 1. The lowest BCUT2D eigenvalue weighted by Gasteiger charge is -2.18. The quantitative estimate of drug-likeness (QED) is 0.651. The van der Waals surface area contributed by atoms with Gasteiger partial charge in [-0.25, -0.2) is 4.79 Å². The van der Waals surface area contributed by atoms with Crippen LogP contribution in [0.15, 0.2) is 59.5 Å². The number of amides is 1. The smallest absolute Gasteiger partial charge is 0.326 e. The van der Waals surface area contributed by atoms with Crippen LogP contribution in [0.3, 0.4) is 0 Å². The van der Waals surface area contributed by atoms with Gasteiger partial charge in [0.1, 0.15) is 10.4 Å². The van der Waals surface area contributed by atoms with Crippen LogP contribution >= 0.6 is 24.0 Å². The average molecular weight is 369 g/mol. The Morgan fingerprint density at radius 1 is 1.12 bits per heavy atom. The normalized spacial score (nSPS) is 17.2. The van der Waals surface area contributed by atoms with Crippen molar-refractivity contribution in [3.8, 4) is 11.1 Å². The van der Waals surface area contributed by atoms with Crippen LogP contribution in [-0.4, -0.2) is 32.2 Å². The first-order valence-corrected chi connectivity index (χ1v) is 8.85. The van der Waals surface area contributed by atoms with Gasteiger partial charge in [-0.05, 0) is 29.7 Å². The second-order valence-corrected chi connectivity index (χ2v) is 7.23. The Bertz CT molecular complexity index is 860. The number of nitrogens with zero attached hydrogens (tertiary/aromatic N) is 1. The summed E-state index contributed by atoms with van der Waals surface area (Å²) in [6, 6.07) is 16.9. The first-order valence-electron chi connectivity index (χ1n) is 7.63. The molecule has 1 atom stereocenters. The number of hydrogen-bond donors (Lipinski definition) is 1. The van der Waals surface area contributed by atoms with Crippen LogP contribution in [-0.2, 0) is 9.59 Å². The number of carboxylic acid groups (broad SMARTS) is 1. The molecule has 0 aromatic heterocycles. The third-order valence-electron chi connectivity index (χ3n) is 3.88. The molecule has 2 aromatic rings. The van der Waals surface area contributed by atoms with Crippen molar-refractivity contribution in [2.24, 2.45) is 0 Å². The van der Waals surface area contributed by atoms with E-state index in [-0.39, 0.29) is 10.2 Å². The number of carbonyl (C=O) groups excluding carboxylic acids is 1. The molecule has 6 heteroatoms. The van der Waals surface area contributed by atoms with Gasteiger partial charge in [-0.3, -0.25) is 9.69 Å². The summed E-state index contributed by atoms with van der Waals surface area (Å²) in [7, 11) is 0. The highest BCUT2D eigenvalue weighted by Gasteiger charge is 2.38. The topological polar surface area (TPSA) is 57.6 Å². The molecular formula is C19H15NO3S2. The van der Waals surface area contributed by atoms with Crippen molar-refractivity contribution in [1.29, 1.82) is 0 Å². The summed E-state index contributed by atoms with van der Waals surface area (Å²) in [5.74, 6) is -1.44. The van der Waals surface area contributed by atoms with Crippen LogP contribution in [0.4, 0.5) is 0 Å². The fraction of sp³-hybridized carbons (Fsp3) is 0.105. The first kappa shape index (κ1) is 17.4. The van der Waals surface area contributed by atoms with E-state index in [0.29, 0.717) is 4.91 Å². The summed E-state index contributed by atoms with van der Waals surface area (Å²) in [5, 5.41) is 9.11. The average Bonchev–Trinajstić information content (AvgIpc) is 2.89. The van der Waals surface area contributed by atoms with Gasteiger partial charge >= 0.3 is 5.97 Å². The maximum Gasteiger partial charge on any atom is 0.326 e. The van der Waals surface area contributed by atoms with Gasteiger partial charge < -0.3 is 5.11 Å². The van der Waals surface area contributed by atoms with Crippen molar-refractivity contribution in [2.75, 3.05) is 0 Å². The van der Waals surface area contributed by atoms with E-state index in [1.54, 1.807) is 6.08 Å². The van der Waals surface area contributed by atoms with E-state index in [2.05, 4.69) is 0 Å². The standard InChI is InChI=1S/C19H15NO3S2/c1-12(18(22)23)20-17(21)16(25-19(20)24)11-13-7-9-15(10-8-13)14-5-3-2-4-6-14/h2-12H,1H3,(H,22,23)/b16-11-. The molecule has 1 fully saturated rings. The van der Waals surface area contributed by atoms with Crippen LogP contribution in [0.1, 0.15) is 12.5 Å². The Morgan fingerprint density at radius 2 is 1.72 bits per heavy atom.